The van der Waals surface area contributed by atoms with E-state index >= 15 is 0 Å². The molecular weight excluding hydrogens is 314 g/mol. The summed E-state index contributed by atoms with van der Waals surface area (Å²) in [5, 5.41) is 0. The van der Waals surface area contributed by atoms with Crippen molar-refractivity contribution >= 4 is 5.91 Å². The SMILES string of the molecule is CCc1ccc(CN2CCC[C@@]3(CCC(=O)N(CCOC)C3)C2)nc1. The minimum absolute atomic E-state index is 0.253. The number of likely N-dealkylation sites (tertiary alicyclic amines) is 2. The van der Waals surface area contributed by atoms with Gasteiger partial charge in [-0.15, -0.1) is 0 Å². The van der Waals surface area contributed by atoms with Crippen molar-refractivity contribution in [2.24, 2.45) is 5.41 Å². The van der Waals surface area contributed by atoms with Crippen LogP contribution in [0.15, 0.2) is 18.3 Å². The Morgan fingerprint density at radius 2 is 2.16 bits per heavy atom. The van der Waals surface area contributed by atoms with E-state index in [-0.39, 0.29) is 11.3 Å². The number of rotatable bonds is 6. The largest absolute Gasteiger partial charge is 0.383 e. The molecule has 2 fully saturated rings. The number of piperidine rings is 2. The first-order chi connectivity index (χ1) is 12.1. The Balaban J connectivity index is 1.62. The topological polar surface area (TPSA) is 45.7 Å². The standard InChI is InChI=1S/C20H31N3O2/c1-3-17-5-6-18(21-13-17)14-22-10-4-8-20(15-22)9-7-19(24)23(16-20)11-12-25-2/h5-6,13H,3-4,7-12,14-16H2,1-2H3/t20-/m1/s1. The number of ether oxygens (including phenoxy) is 1. The molecule has 3 rings (SSSR count). The monoisotopic (exact) mass is 345 g/mol. The fourth-order valence-electron chi connectivity index (χ4n) is 4.27. The number of aryl methyl sites for hydroxylation is 1. The van der Waals surface area contributed by atoms with E-state index in [2.05, 4.69) is 28.9 Å². The third-order valence-electron chi connectivity index (χ3n) is 5.73. The number of carbonyl (C=O) groups is 1. The Hall–Kier alpha value is -1.46. The van der Waals surface area contributed by atoms with Gasteiger partial charge in [-0.1, -0.05) is 13.0 Å². The van der Waals surface area contributed by atoms with Crippen molar-refractivity contribution in [2.75, 3.05) is 39.9 Å². The van der Waals surface area contributed by atoms with Crippen molar-refractivity contribution in [3.8, 4) is 0 Å². The fraction of sp³-hybridized carbons (Fsp3) is 0.700. The lowest BCUT2D eigenvalue weighted by Crippen LogP contribution is -2.54. The number of pyridine rings is 1. The Bertz CT molecular complexity index is 575. The molecule has 5 nitrogen and oxygen atoms in total. The van der Waals surface area contributed by atoms with E-state index in [0.717, 1.165) is 51.3 Å². The predicted octanol–water partition coefficient (Wildman–Crippen LogP) is 2.50. The van der Waals surface area contributed by atoms with Gasteiger partial charge in [-0.3, -0.25) is 14.7 Å². The first-order valence-electron chi connectivity index (χ1n) is 9.57. The van der Waals surface area contributed by atoms with Crippen LogP contribution in [0.4, 0.5) is 0 Å². The Morgan fingerprint density at radius 1 is 1.28 bits per heavy atom. The smallest absolute Gasteiger partial charge is 0.222 e. The molecule has 5 heteroatoms. The average molecular weight is 345 g/mol. The normalized spacial score (nSPS) is 24.9. The maximum absolute atomic E-state index is 12.2. The number of hydrogen-bond donors (Lipinski definition) is 0. The second-order valence-electron chi connectivity index (χ2n) is 7.63. The van der Waals surface area contributed by atoms with Gasteiger partial charge in [0.15, 0.2) is 0 Å². The number of methoxy groups -OCH3 is 1. The molecule has 1 amide bonds. The molecule has 2 aliphatic heterocycles. The lowest BCUT2D eigenvalue weighted by molar-refractivity contribution is -0.140. The first-order valence-corrected chi connectivity index (χ1v) is 9.57. The van der Waals surface area contributed by atoms with E-state index in [0.29, 0.717) is 13.0 Å². The van der Waals surface area contributed by atoms with Gasteiger partial charge in [0, 0.05) is 51.3 Å². The van der Waals surface area contributed by atoms with Gasteiger partial charge in [-0.05, 0) is 43.9 Å². The molecule has 1 aromatic rings. The van der Waals surface area contributed by atoms with Crippen LogP contribution in [-0.4, -0.2) is 60.6 Å². The molecule has 2 saturated heterocycles. The van der Waals surface area contributed by atoms with Crippen LogP contribution in [0.3, 0.4) is 0 Å². The molecule has 3 heterocycles. The van der Waals surface area contributed by atoms with Crippen LogP contribution in [-0.2, 0) is 22.5 Å². The third-order valence-corrected chi connectivity index (χ3v) is 5.73. The van der Waals surface area contributed by atoms with Crippen LogP contribution >= 0.6 is 0 Å². The molecule has 25 heavy (non-hydrogen) atoms. The van der Waals surface area contributed by atoms with Gasteiger partial charge < -0.3 is 9.64 Å². The Morgan fingerprint density at radius 3 is 2.88 bits per heavy atom. The van der Waals surface area contributed by atoms with E-state index in [4.69, 9.17) is 4.74 Å². The van der Waals surface area contributed by atoms with Gasteiger partial charge in [0.2, 0.25) is 5.91 Å². The highest BCUT2D eigenvalue weighted by atomic mass is 16.5. The minimum Gasteiger partial charge on any atom is -0.383 e. The van der Waals surface area contributed by atoms with Crippen molar-refractivity contribution in [1.29, 1.82) is 0 Å². The van der Waals surface area contributed by atoms with Gasteiger partial charge in [-0.25, -0.2) is 0 Å². The number of aromatic nitrogens is 1. The molecule has 0 saturated carbocycles. The second kappa shape index (κ2) is 8.28. The minimum atomic E-state index is 0.253. The summed E-state index contributed by atoms with van der Waals surface area (Å²) in [6.07, 6.45) is 7.17. The van der Waals surface area contributed by atoms with E-state index in [9.17, 15) is 4.79 Å². The Labute approximate surface area is 151 Å². The molecule has 1 aromatic heterocycles. The van der Waals surface area contributed by atoms with E-state index in [1.807, 2.05) is 11.1 Å². The Kier molecular flexibility index (Phi) is 6.07. The van der Waals surface area contributed by atoms with Crippen molar-refractivity contribution in [2.45, 2.75) is 45.6 Å². The quantitative estimate of drug-likeness (QED) is 0.795. The zero-order valence-corrected chi connectivity index (χ0v) is 15.7. The zero-order valence-electron chi connectivity index (χ0n) is 15.7. The number of hydrogen-bond acceptors (Lipinski definition) is 4. The second-order valence-corrected chi connectivity index (χ2v) is 7.63. The van der Waals surface area contributed by atoms with Crippen molar-refractivity contribution in [3.05, 3.63) is 29.6 Å². The fourth-order valence-corrected chi connectivity index (χ4v) is 4.27. The summed E-state index contributed by atoms with van der Waals surface area (Å²) in [6.45, 7) is 7.50. The van der Waals surface area contributed by atoms with E-state index in [1.54, 1.807) is 7.11 Å². The van der Waals surface area contributed by atoms with Crippen molar-refractivity contribution in [1.82, 2.24) is 14.8 Å². The zero-order chi connectivity index (χ0) is 17.7. The summed E-state index contributed by atoms with van der Waals surface area (Å²) < 4.78 is 5.18. The van der Waals surface area contributed by atoms with Gasteiger partial charge in [-0.2, -0.15) is 0 Å². The highest BCUT2D eigenvalue weighted by Crippen LogP contribution is 2.39. The molecule has 0 radical (unpaired) electrons. The molecule has 2 aliphatic rings. The van der Waals surface area contributed by atoms with E-state index < -0.39 is 0 Å². The van der Waals surface area contributed by atoms with Crippen LogP contribution in [0.5, 0.6) is 0 Å². The highest BCUT2D eigenvalue weighted by molar-refractivity contribution is 5.77. The van der Waals surface area contributed by atoms with Crippen molar-refractivity contribution < 1.29 is 9.53 Å². The molecule has 0 aliphatic carbocycles. The summed E-state index contributed by atoms with van der Waals surface area (Å²) in [5.41, 5.74) is 2.69. The summed E-state index contributed by atoms with van der Waals surface area (Å²) in [6, 6.07) is 4.35. The van der Waals surface area contributed by atoms with Gasteiger partial charge in [0.1, 0.15) is 0 Å². The molecule has 138 valence electrons. The van der Waals surface area contributed by atoms with Crippen LogP contribution in [0.2, 0.25) is 0 Å². The molecule has 1 atom stereocenters. The van der Waals surface area contributed by atoms with Crippen LogP contribution in [0, 0.1) is 5.41 Å². The summed E-state index contributed by atoms with van der Waals surface area (Å²) >= 11 is 0. The molecule has 0 bridgehead atoms. The average Bonchev–Trinajstić information content (AvgIpc) is 2.64. The summed E-state index contributed by atoms with van der Waals surface area (Å²) in [7, 11) is 1.70. The molecule has 0 aromatic carbocycles. The van der Waals surface area contributed by atoms with Gasteiger partial charge >= 0.3 is 0 Å². The summed E-state index contributed by atoms with van der Waals surface area (Å²) in [4.78, 5) is 21.4. The van der Waals surface area contributed by atoms with Crippen LogP contribution in [0.1, 0.15) is 43.9 Å². The van der Waals surface area contributed by atoms with Gasteiger partial charge in [0.25, 0.3) is 0 Å². The van der Waals surface area contributed by atoms with E-state index in [1.165, 1.54) is 18.4 Å². The van der Waals surface area contributed by atoms with Gasteiger partial charge in [0.05, 0.1) is 12.3 Å². The molecule has 1 spiro atoms. The molecule has 0 N–H and O–H groups in total. The summed E-state index contributed by atoms with van der Waals surface area (Å²) in [5.74, 6) is 0.289. The van der Waals surface area contributed by atoms with Crippen LogP contribution < -0.4 is 0 Å². The maximum Gasteiger partial charge on any atom is 0.222 e. The number of amides is 1. The van der Waals surface area contributed by atoms with Crippen molar-refractivity contribution in [3.63, 3.8) is 0 Å². The first kappa shape index (κ1) is 18.3. The highest BCUT2D eigenvalue weighted by Gasteiger charge is 2.41. The predicted molar refractivity (Wildman–Crippen MR) is 98.2 cm³/mol. The lowest BCUT2D eigenvalue weighted by Gasteiger charge is -2.48. The molecule has 0 unspecified atom stereocenters. The maximum atomic E-state index is 12.2. The number of carbonyl (C=O) groups excluding carboxylic acids is 1. The lowest BCUT2D eigenvalue weighted by atomic mass is 9.73. The third kappa shape index (κ3) is 4.59. The molecular formula is C20H31N3O2. The van der Waals surface area contributed by atoms with Crippen LogP contribution in [0.25, 0.3) is 0 Å². The number of nitrogens with zero attached hydrogens (tertiary/aromatic N) is 3.